The summed E-state index contributed by atoms with van der Waals surface area (Å²) in [7, 11) is 0. The highest BCUT2D eigenvalue weighted by Crippen LogP contribution is 2.38. The van der Waals surface area contributed by atoms with Gasteiger partial charge >= 0.3 is 0 Å². The zero-order chi connectivity index (χ0) is 18.1. The summed E-state index contributed by atoms with van der Waals surface area (Å²) in [6, 6.07) is 0. The number of rotatable bonds is 10. The highest BCUT2D eigenvalue weighted by Gasteiger charge is 2.22. The van der Waals surface area contributed by atoms with E-state index in [0.29, 0.717) is 11.8 Å². The van der Waals surface area contributed by atoms with Crippen LogP contribution in [0.25, 0.3) is 0 Å². The molecular formula is C23H37N. The maximum Gasteiger partial charge on any atom is 0.00705 e. The SMILES string of the molecule is C=C(CC)N/C=C/CCC(C)C1=CC(C)=C(C(CC)CC)C(=C)C1. The number of hydrogen-bond donors (Lipinski definition) is 1. The molecule has 1 atom stereocenters. The van der Waals surface area contributed by atoms with Crippen molar-refractivity contribution in [1.82, 2.24) is 5.32 Å². The molecule has 0 aromatic rings. The average molecular weight is 328 g/mol. The molecule has 0 aliphatic heterocycles. The zero-order valence-corrected chi connectivity index (χ0v) is 16.5. The van der Waals surface area contributed by atoms with Crippen LogP contribution in [0.15, 0.2) is 59.5 Å². The Balaban J connectivity index is 2.66. The van der Waals surface area contributed by atoms with Crippen LogP contribution in [-0.2, 0) is 0 Å². The van der Waals surface area contributed by atoms with Gasteiger partial charge < -0.3 is 5.32 Å². The van der Waals surface area contributed by atoms with Crippen LogP contribution in [0.1, 0.15) is 73.1 Å². The van der Waals surface area contributed by atoms with Gasteiger partial charge in [-0.05, 0) is 80.2 Å². The van der Waals surface area contributed by atoms with Gasteiger partial charge in [-0.1, -0.05) is 58.6 Å². The summed E-state index contributed by atoms with van der Waals surface area (Å²) in [6.45, 7) is 19.7. The summed E-state index contributed by atoms with van der Waals surface area (Å²) in [5.74, 6) is 1.28. The van der Waals surface area contributed by atoms with Gasteiger partial charge in [-0.3, -0.25) is 0 Å². The van der Waals surface area contributed by atoms with Gasteiger partial charge in [-0.15, -0.1) is 0 Å². The van der Waals surface area contributed by atoms with Crippen molar-refractivity contribution in [3.05, 3.63) is 59.5 Å². The van der Waals surface area contributed by atoms with Crippen molar-refractivity contribution in [2.45, 2.75) is 73.1 Å². The highest BCUT2D eigenvalue weighted by atomic mass is 14.8. The molecule has 0 aromatic carbocycles. The topological polar surface area (TPSA) is 12.0 Å². The van der Waals surface area contributed by atoms with E-state index in [-0.39, 0.29) is 0 Å². The van der Waals surface area contributed by atoms with Gasteiger partial charge in [0, 0.05) is 5.70 Å². The Morgan fingerprint density at radius 1 is 1.29 bits per heavy atom. The first-order valence-electron chi connectivity index (χ1n) is 9.63. The third-order valence-corrected chi connectivity index (χ3v) is 5.25. The first-order chi connectivity index (χ1) is 11.4. The molecule has 1 N–H and O–H groups in total. The van der Waals surface area contributed by atoms with E-state index in [9.17, 15) is 0 Å². The first kappa shape index (κ1) is 20.5. The summed E-state index contributed by atoms with van der Waals surface area (Å²) in [6.07, 6.45) is 13.4. The van der Waals surface area contributed by atoms with E-state index >= 15 is 0 Å². The Kier molecular flexibility index (Phi) is 8.89. The van der Waals surface area contributed by atoms with Gasteiger partial charge in [0.15, 0.2) is 0 Å². The Morgan fingerprint density at radius 2 is 1.96 bits per heavy atom. The minimum absolute atomic E-state index is 0.610. The number of hydrogen-bond acceptors (Lipinski definition) is 1. The van der Waals surface area contributed by atoms with Crippen molar-refractivity contribution in [3.8, 4) is 0 Å². The molecule has 0 aromatic heterocycles. The van der Waals surface area contributed by atoms with Gasteiger partial charge in [0.2, 0.25) is 0 Å². The molecule has 1 rings (SSSR count). The van der Waals surface area contributed by atoms with Crippen LogP contribution < -0.4 is 5.32 Å². The highest BCUT2D eigenvalue weighted by molar-refractivity contribution is 5.47. The maximum absolute atomic E-state index is 4.40. The molecule has 1 aliphatic rings. The quantitative estimate of drug-likeness (QED) is 0.452. The van der Waals surface area contributed by atoms with E-state index in [4.69, 9.17) is 0 Å². The smallest absolute Gasteiger partial charge is 0.00705 e. The normalized spacial score (nSPS) is 16.8. The predicted molar refractivity (Wildman–Crippen MR) is 109 cm³/mol. The van der Waals surface area contributed by atoms with Crippen LogP contribution in [0, 0.1) is 11.8 Å². The van der Waals surface area contributed by atoms with Crippen LogP contribution in [0.2, 0.25) is 0 Å². The molecule has 1 unspecified atom stereocenters. The van der Waals surface area contributed by atoms with Gasteiger partial charge in [0.25, 0.3) is 0 Å². The largest absolute Gasteiger partial charge is 0.366 e. The summed E-state index contributed by atoms with van der Waals surface area (Å²) >= 11 is 0. The Bertz CT molecular complexity index is 526. The average Bonchev–Trinajstić information content (AvgIpc) is 2.57. The number of nitrogens with one attached hydrogen (secondary N) is 1. The first-order valence-corrected chi connectivity index (χ1v) is 9.63. The fourth-order valence-corrected chi connectivity index (χ4v) is 3.55. The van der Waals surface area contributed by atoms with Gasteiger partial charge in [0.1, 0.15) is 0 Å². The molecule has 0 spiro atoms. The molecule has 0 saturated heterocycles. The summed E-state index contributed by atoms with van der Waals surface area (Å²) in [4.78, 5) is 0. The lowest BCUT2D eigenvalue weighted by atomic mass is 9.77. The standard InChI is InChI=1S/C23H37N/c1-8-20(7)24-14-12-11-13-17(4)22-15-18(5)23(19(6)16-22)21(9-2)10-3/h12,14,16-17,21,24H,5,7-11,13,15H2,1-4,6H3/b14-12+. The van der Waals surface area contributed by atoms with E-state index in [2.05, 4.69) is 65.2 Å². The maximum atomic E-state index is 4.40. The van der Waals surface area contributed by atoms with Gasteiger partial charge in [0.05, 0.1) is 0 Å². The Labute approximate surface area is 150 Å². The molecule has 0 heterocycles. The predicted octanol–water partition coefficient (Wildman–Crippen LogP) is 7.07. The lowest BCUT2D eigenvalue weighted by Gasteiger charge is -2.28. The minimum atomic E-state index is 0.610. The van der Waals surface area contributed by atoms with Crippen LogP contribution in [-0.4, -0.2) is 0 Å². The van der Waals surface area contributed by atoms with Crippen molar-refractivity contribution in [1.29, 1.82) is 0 Å². The third-order valence-electron chi connectivity index (χ3n) is 5.25. The second kappa shape index (κ2) is 10.4. The van der Waals surface area contributed by atoms with Gasteiger partial charge in [-0.25, -0.2) is 0 Å². The fraction of sp³-hybridized carbons (Fsp3) is 0.565. The van der Waals surface area contributed by atoms with Crippen LogP contribution >= 0.6 is 0 Å². The molecule has 0 fully saturated rings. The summed E-state index contributed by atoms with van der Waals surface area (Å²) in [5, 5.41) is 3.22. The molecule has 1 heteroatoms. The molecule has 1 nitrogen and oxygen atoms in total. The van der Waals surface area contributed by atoms with E-state index in [1.54, 1.807) is 5.57 Å². The summed E-state index contributed by atoms with van der Waals surface area (Å²) < 4.78 is 0. The minimum Gasteiger partial charge on any atom is -0.366 e. The van der Waals surface area contributed by atoms with E-state index in [1.807, 2.05) is 6.20 Å². The molecule has 0 saturated carbocycles. The van der Waals surface area contributed by atoms with E-state index in [0.717, 1.165) is 25.0 Å². The molecule has 0 radical (unpaired) electrons. The van der Waals surface area contributed by atoms with Crippen LogP contribution in [0.4, 0.5) is 0 Å². The van der Waals surface area contributed by atoms with Crippen molar-refractivity contribution >= 4 is 0 Å². The molecule has 134 valence electrons. The second-order valence-corrected chi connectivity index (χ2v) is 7.09. The van der Waals surface area contributed by atoms with Crippen LogP contribution in [0.3, 0.4) is 0 Å². The monoisotopic (exact) mass is 327 g/mol. The van der Waals surface area contributed by atoms with E-state index in [1.165, 1.54) is 36.0 Å². The van der Waals surface area contributed by atoms with Crippen molar-refractivity contribution in [2.75, 3.05) is 0 Å². The lowest BCUT2D eigenvalue weighted by molar-refractivity contribution is 0.557. The lowest BCUT2D eigenvalue weighted by Crippen LogP contribution is -2.13. The summed E-state index contributed by atoms with van der Waals surface area (Å²) in [5.41, 5.74) is 6.94. The molecule has 24 heavy (non-hydrogen) atoms. The zero-order valence-electron chi connectivity index (χ0n) is 16.5. The fourth-order valence-electron chi connectivity index (χ4n) is 3.55. The third kappa shape index (κ3) is 5.85. The van der Waals surface area contributed by atoms with Crippen molar-refractivity contribution in [3.63, 3.8) is 0 Å². The van der Waals surface area contributed by atoms with E-state index < -0.39 is 0 Å². The Hall–Kier alpha value is -1.50. The molecule has 0 bridgehead atoms. The number of allylic oxidation sites excluding steroid dienone is 7. The Morgan fingerprint density at radius 3 is 2.50 bits per heavy atom. The second-order valence-electron chi connectivity index (χ2n) is 7.09. The molecule has 0 amide bonds. The van der Waals surface area contributed by atoms with Crippen molar-refractivity contribution in [2.24, 2.45) is 11.8 Å². The molecule has 1 aliphatic carbocycles. The van der Waals surface area contributed by atoms with Gasteiger partial charge in [-0.2, -0.15) is 0 Å². The van der Waals surface area contributed by atoms with Crippen LogP contribution in [0.5, 0.6) is 0 Å². The molecular weight excluding hydrogens is 290 g/mol. The van der Waals surface area contributed by atoms with Crippen molar-refractivity contribution < 1.29 is 0 Å².